The summed E-state index contributed by atoms with van der Waals surface area (Å²) in [4.78, 5) is 59.6. The first-order valence-electron chi connectivity index (χ1n) is 8.30. The van der Waals surface area contributed by atoms with E-state index < -0.39 is 60.2 Å². The smallest absolute Gasteiger partial charge is 0.325 e. The maximum Gasteiger partial charge on any atom is 0.325 e. The highest BCUT2D eigenvalue weighted by Crippen LogP contribution is 2.19. The van der Waals surface area contributed by atoms with Crippen LogP contribution in [0.3, 0.4) is 0 Å². The molecule has 0 radical (unpaired) electrons. The van der Waals surface area contributed by atoms with Crippen molar-refractivity contribution in [2.45, 2.75) is 50.4 Å². The molecule has 1 aliphatic heterocycles. The lowest BCUT2D eigenvalue weighted by Crippen LogP contribution is -2.57. The van der Waals surface area contributed by atoms with Crippen LogP contribution >= 0.6 is 12.6 Å². The zero-order valence-electron chi connectivity index (χ0n) is 14.8. The molecule has 1 fully saturated rings. The Bertz CT molecular complexity index is 615. The van der Waals surface area contributed by atoms with Gasteiger partial charge in [-0.05, 0) is 19.8 Å². The van der Waals surface area contributed by atoms with Crippen molar-refractivity contribution >= 4 is 42.3 Å². The molecular weight excluding hydrogens is 380 g/mol. The van der Waals surface area contributed by atoms with Crippen molar-refractivity contribution in [1.82, 2.24) is 15.5 Å². The van der Waals surface area contributed by atoms with Gasteiger partial charge >= 0.3 is 11.9 Å². The monoisotopic (exact) mass is 404 g/mol. The van der Waals surface area contributed by atoms with Crippen molar-refractivity contribution < 1.29 is 34.2 Å². The maximum atomic E-state index is 12.5. The number of likely N-dealkylation sites (tertiary alicyclic amines) is 1. The predicted octanol–water partition coefficient (Wildman–Crippen LogP) is -2.22. The van der Waals surface area contributed by atoms with Crippen LogP contribution in [0.5, 0.6) is 0 Å². The molecule has 152 valence electrons. The van der Waals surface area contributed by atoms with Crippen LogP contribution in [0.1, 0.15) is 26.2 Å². The first-order chi connectivity index (χ1) is 12.6. The Kier molecular flexibility index (Phi) is 8.50. The summed E-state index contributed by atoms with van der Waals surface area (Å²) in [6, 6.07) is -4.39. The van der Waals surface area contributed by atoms with Crippen LogP contribution in [0.15, 0.2) is 0 Å². The fourth-order valence-corrected chi connectivity index (χ4v) is 2.89. The molecule has 27 heavy (non-hydrogen) atoms. The molecule has 6 N–H and O–H groups in total. The number of aliphatic carboxylic acids is 2. The van der Waals surface area contributed by atoms with E-state index in [-0.39, 0.29) is 12.3 Å². The molecule has 0 aromatic carbocycles. The fourth-order valence-electron chi connectivity index (χ4n) is 2.63. The molecule has 1 heterocycles. The number of nitrogens with two attached hydrogens (primary N) is 1. The van der Waals surface area contributed by atoms with Gasteiger partial charge in [-0.3, -0.25) is 24.0 Å². The van der Waals surface area contributed by atoms with E-state index in [0.29, 0.717) is 12.8 Å². The van der Waals surface area contributed by atoms with E-state index in [2.05, 4.69) is 23.3 Å². The molecule has 0 spiro atoms. The molecule has 4 atom stereocenters. The third kappa shape index (κ3) is 6.40. The summed E-state index contributed by atoms with van der Waals surface area (Å²) in [6.45, 7) is 1.52. The SMILES string of the molecule is CC(NC(=O)C(CS)NC(=O)C1CCCN1C(=O)C(N)CC(=O)O)C(=O)O. The number of carboxylic acids is 2. The Hall–Kier alpha value is -2.34. The zero-order valence-corrected chi connectivity index (χ0v) is 15.6. The zero-order chi connectivity index (χ0) is 20.7. The molecule has 0 aromatic rings. The van der Waals surface area contributed by atoms with Crippen LogP contribution < -0.4 is 16.4 Å². The predicted molar refractivity (Wildman–Crippen MR) is 96.0 cm³/mol. The molecule has 0 aromatic heterocycles. The Morgan fingerprint density at radius 3 is 2.37 bits per heavy atom. The van der Waals surface area contributed by atoms with E-state index in [0.717, 1.165) is 0 Å². The van der Waals surface area contributed by atoms with Crippen molar-refractivity contribution in [3.05, 3.63) is 0 Å². The third-order valence-corrected chi connectivity index (χ3v) is 4.46. The van der Waals surface area contributed by atoms with Gasteiger partial charge in [-0.15, -0.1) is 0 Å². The molecule has 0 aliphatic carbocycles. The summed E-state index contributed by atoms with van der Waals surface area (Å²) in [7, 11) is 0. The van der Waals surface area contributed by atoms with Crippen LogP contribution in [0.4, 0.5) is 0 Å². The van der Waals surface area contributed by atoms with Crippen LogP contribution in [-0.2, 0) is 24.0 Å². The number of nitrogens with zero attached hydrogens (tertiary/aromatic N) is 1. The Balaban J connectivity index is 2.75. The van der Waals surface area contributed by atoms with Gasteiger partial charge in [-0.1, -0.05) is 0 Å². The first kappa shape index (κ1) is 22.7. The minimum atomic E-state index is -1.27. The third-order valence-electron chi connectivity index (χ3n) is 4.10. The van der Waals surface area contributed by atoms with E-state index >= 15 is 0 Å². The second-order valence-corrected chi connectivity index (χ2v) is 6.57. The molecule has 0 saturated carbocycles. The topological polar surface area (TPSA) is 179 Å². The van der Waals surface area contributed by atoms with E-state index in [4.69, 9.17) is 15.9 Å². The largest absolute Gasteiger partial charge is 0.481 e. The summed E-state index contributed by atoms with van der Waals surface area (Å²) in [5, 5.41) is 22.3. The lowest BCUT2D eigenvalue weighted by molar-refractivity contribution is -0.144. The van der Waals surface area contributed by atoms with Crippen LogP contribution in [-0.4, -0.2) is 81.2 Å². The van der Waals surface area contributed by atoms with Crippen molar-refractivity contribution in [3.63, 3.8) is 0 Å². The molecule has 1 aliphatic rings. The number of carbonyl (C=O) groups excluding carboxylic acids is 3. The number of thiol groups is 1. The van der Waals surface area contributed by atoms with Gasteiger partial charge in [0, 0.05) is 12.3 Å². The molecular formula is C15H24N4O7S. The van der Waals surface area contributed by atoms with Crippen LogP contribution in [0, 0.1) is 0 Å². The highest BCUT2D eigenvalue weighted by molar-refractivity contribution is 7.80. The average Bonchev–Trinajstić information content (AvgIpc) is 3.07. The number of nitrogens with one attached hydrogen (secondary N) is 2. The highest BCUT2D eigenvalue weighted by atomic mass is 32.1. The average molecular weight is 404 g/mol. The van der Waals surface area contributed by atoms with Gasteiger partial charge in [-0.25, -0.2) is 0 Å². The molecule has 1 saturated heterocycles. The molecule has 4 unspecified atom stereocenters. The quantitative estimate of drug-likeness (QED) is 0.234. The molecule has 1 rings (SSSR count). The van der Waals surface area contributed by atoms with Crippen molar-refractivity contribution in [1.29, 1.82) is 0 Å². The summed E-state index contributed by atoms with van der Waals surface area (Å²) in [5.74, 6) is -4.51. The van der Waals surface area contributed by atoms with E-state index in [9.17, 15) is 24.0 Å². The Labute approximate surface area is 161 Å². The fraction of sp³-hybridized carbons (Fsp3) is 0.667. The number of amides is 3. The van der Waals surface area contributed by atoms with Gasteiger partial charge in [0.05, 0.1) is 12.5 Å². The van der Waals surface area contributed by atoms with Crippen LogP contribution in [0.25, 0.3) is 0 Å². The standard InChI is InChI=1S/C15H24N4O7S/c1-7(15(25)26)17-12(22)9(6-27)18-13(23)10-3-2-4-19(10)14(24)8(16)5-11(20)21/h7-10,27H,2-6,16H2,1H3,(H,17,22)(H,18,23)(H,20,21)(H,25,26). The minimum Gasteiger partial charge on any atom is -0.481 e. The van der Waals surface area contributed by atoms with Crippen molar-refractivity contribution in [3.8, 4) is 0 Å². The second kappa shape index (κ2) is 10.1. The van der Waals surface area contributed by atoms with Gasteiger partial charge < -0.3 is 31.5 Å². The lowest BCUT2D eigenvalue weighted by Gasteiger charge is -2.27. The number of carboxylic acid groups (broad SMARTS) is 2. The van der Waals surface area contributed by atoms with Crippen molar-refractivity contribution in [2.24, 2.45) is 5.73 Å². The molecule has 11 nitrogen and oxygen atoms in total. The van der Waals surface area contributed by atoms with Crippen molar-refractivity contribution in [2.75, 3.05) is 12.3 Å². The first-order valence-corrected chi connectivity index (χ1v) is 8.94. The highest BCUT2D eigenvalue weighted by Gasteiger charge is 2.38. The molecule has 0 bridgehead atoms. The van der Waals surface area contributed by atoms with Gasteiger partial charge in [0.2, 0.25) is 17.7 Å². The van der Waals surface area contributed by atoms with Gasteiger partial charge in [-0.2, -0.15) is 12.6 Å². The van der Waals surface area contributed by atoms with E-state index in [1.54, 1.807) is 0 Å². The van der Waals surface area contributed by atoms with Gasteiger partial charge in [0.25, 0.3) is 0 Å². The number of carbonyl (C=O) groups is 5. The van der Waals surface area contributed by atoms with Crippen LogP contribution in [0.2, 0.25) is 0 Å². The molecule has 3 amide bonds. The molecule has 12 heteroatoms. The summed E-state index contributed by atoms with van der Waals surface area (Å²) in [5.41, 5.74) is 5.58. The van der Waals surface area contributed by atoms with E-state index in [1.165, 1.54) is 11.8 Å². The van der Waals surface area contributed by atoms with E-state index in [1.807, 2.05) is 0 Å². The Morgan fingerprint density at radius 1 is 1.22 bits per heavy atom. The van der Waals surface area contributed by atoms with Gasteiger partial charge in [0.1, 0.15) is 18.1 Å². The second-order valence-electron chi connectivity index (χ2n) is 6.21. The normalized spacial score (nSPS) is 19.7. The lowest BCUT2D eigenvalue weighted by atomic mass is 10.1. The minimum absolute atomic E-state index is 0.0803. The number of hydrogen-bond donors (Lipinski definition) is 6. The summed E-state index contributed by atoms with van der Waals surface area (Å²) >= 11 is 3.99. The summed E-state index contributed by atoms with van der Waals surface area (Å²) < 4.78 is 0. The number of hydrogen-bond acceptors (Lipinski definition) is 7. The summed E-state index contributed by atoms with van der Waals surface area (Å²) in [6.07, 6.45) is 0.305. The number of rotatable bonds is 9. The Morgan fingerprint density at radius 2 is 1.85 bits per heavy atom. The van der Waals surface area contributed by atoms with Gasteiger partial charge in [0.15, 0.2) is 0 Å². The maximum absolute atomic E-state index is 12.5.